The topological polar surface area (TPSA) is 69.6 Å². The van der Waals surface area contributed by atoms with Gasteiger partial charge in [0.1, 0.15) is 5.82 Å². The Kier molecular flexibility index (Phi) is 3.13. The van der Waals surface area contributed by atoms with Crippen molar-refractivity contribution in [2.75, 3.05) is 5.73 Å². The van der Waals surface area contributed by atoms with Crippen molar-refractivity contribution in [2.45, 2.75) is 13.8 Å². The maximum absolute atomic E-state index is 13.2. The first-order valence-electron chi connectivity index (χ1n) is 6.47. The number of aromatic nitrogens is 4. The maximum Gasteiger partial charge on any atom is 0.189 e. The van der Waals surface area contributed by atoms with Gasteiger partial charge in [-0.25, -0.2) is 4.39 Å². The average Bonchev–Trinajstić information content (AvgIpc) is 2.86. The van der Waals surface area contributed by atoms with Gasteiger partial charge in [0.2, 0.25) is 0 Å². The summed E-state index contributed by atoms with van der Waals surface area (Å²) in [6, 6.07) is 10.2. The van der Waals surface area contributed by atoms with Crippen molar-refractivity contribution in [1.29, 1.82) is 0 Å². The summed E-state index contributed by atoms with van der Waals surface area (Å²) in [6.07, 6.45) is 0. The van der Waals surface area contributed by atoms with Crippen molar-refractivity contribution in [2.24, 2.45) is 0 Å². The quantitative estimate of drug-likeness (QED) is 0.734. The lowest BCUT2D eigenvalue weighted by atomic mass is 10.1. The number of halogens is 1. The molecule has 5 nitrogen and oxygen atoms in total. The highest BCUT2D eigenvalue weighted by Crippen LogP contribution is 2.26. The van der Waals surface area contributed by atoms with E-state index in [9.17, 15) is 4.39 Å². The molecule has 3 aromatic rings. The van der Waals surface area contributed by atoms with E-state index in [1.165, 1.54) is 12.1 Å². The molecule has 1 aromatic heterocycles. The zero-order valence-electron chi connectivity index (χ0n) is 11.7. The number of hydrogen-bond donors (Lipinski definition) is 1. The fourth-order valence-corrected chi connectivity index (χ4v) is 2.34. The summed E-state index contributed by atoms with van der Waals surface area (Å²) in [5, 5.41) is 11.7. The molecule has 0 aliphatic carbocycles. The van der Waals surface area contributed by atoms with Crippen LogP contribution in [0.5, 0.6) is 0 Å². The zero-order valence-corrected chi connectivity index (χ0v) is 11.7. The van der Waals surface area contributed by atoms with Gasteiger partial charge in [0, 0.05) is 11.3 Å². The number of anilines is 1. The molecule has 0 bridgehead atoms. The average molecular weight is 283 g/mol. The number of nitrogens with two attached hydrogens (primary N) is 1. The van der Waals surface area contributed by atoms with Crippen LogP contribution >= 0.6 is 0 Å². The Labute approximate surface area is 121 Å². The molecule has 0 spiro atoms. The van der Waals surface area contributed by atoms with E-state index >= 15 is 0 Å². The fourth-order valence-electron chi connectivity index (χ4n) is 2.34. The van der Waals surface area contributed by atoms with Crippen molar-refractivity contribution in [3.63, 3.8) is 0 Å². The first-order valence-corrected chi connectivity index (χ1v) is 6.47. The van der Waals surface area contributed by atoms with Crippen LogP contribution in [0.15, 0.2) is 36.4 Å². The number of benzene rings is 2. The minimum absolute atomic E-state index is 0.301. The normalized spacial score (nSPS) is 10.8. The van der Waals surface area contributed by atoms with E-state index in [2.05, 4.69) is 21.6 Å². The van der Waals surface area contributed by atoms with Crippen LogP contribution in [0.3, 0.4) is 0 Å². The van der Waals surface area contributed by atoms with Gasteiger partial charge in [-0.3, -0.25) is 0 Å². The molecule has 0 aliphatic rings. The Hall–Kier alpha value is -2.76. The Morgan fingerprint density at radius 1 is 1.05 bits per heavy atom. The standard InChI is InChI=1S/C15H14FN5/c1-9-5-10(2)7-12(6-9)21-15(18-19-20-21)13-4-3-11(16)8-14(13)17/h3-8H,17H2,1-2H3. The van der Waals surface area contributed by atoms with E-state index in [1.807, 2.05) is 26.0 Å². The van der Waals surface area contributed by atoms with Crippen LogP contribution in [-0.2, 0) is 0 Å². The van der Waals surface area contributed by atoms with E-state index in [-0.39, 0.29) is 5.82 Å². The molecule has 106 valence electrons. The molecule has 0 atom stereocenters. The first kappa shape index (κ1) is 13.2. The van der Waals surface area contributed by atoms with E-state index in [0.717, 1.165) is 16.8 Å². The molecular formula is C15H14FN5. The molecule has 1 heterocycles. The molecule has 3 rings (SSSR count). The van der Waals surface area contributed by atoms with Crippen molar-refractivity contribution in [3.05, 3.63) is 53.3 Å². The van der Waals surface area contributed by atoms with Gasteiger partial charge in [0.15, 0.2) is 5.82 Å². The molecule has 0 unspecified atom stereocenters. The molecule has 0 amide bonds. The highest BCUT2D eigenvalue weighted by Gasteiger charge is 2.14. The zero-order chi connectivity index (χ0) is 15.0. The number of nitrogens with zero attached hydrogens (tertiary/aromatic N) is 4. The second-order valence-corrected chi connectivity index (χ2v) is 4.99. The van der Waals surface area contributed by atoms with Crippen molar-refractivity contribution in [3.8, 4) is 17.1 Å². The van der Waals surface area contributed by atoms with Crippen LogP contribution in [0.25, 0.3) is 17.1 Å². The summed E-state index contributed by atoms with van der Waals surface area (Å²) >= 11 is 0. The Morgan fingerprint density at radius 2 is 1.76 bits per heavy atom. The number of nitrogen functional groups attached to an aromatic ring is 1. The van der Waals surface area contributed by atoms with Crippen LogP contribution in [0.1, 0.15) is 11.1 Å². The van der Waals surface area contributed by atoms with Gasteiger partial charge < -0.3 is 5.73 Å². The van der Waals surface area contributed by atoms with Crippen LogP contribution in [0.2, 0.25) is 0 Å². The fraction of sp³-hybridized carbons (Fsp3) is 0.133. The van der Waals surface area contributed by atoms with Crippen LogP contribution < -0.4 is 5.73 Å². The summed E-state index contributed by atoms with van der Waals surface area (Å²) in [7, 11) is 0. The highest BCUT2D eigenvalue weighted by molar-refractivity contribution is 5.72. The number of rotatable bonds is 2. The molecular weight excluding hydrogens is 269 g/mol. The second-order valence-electron chi connectivity index (χ2n) is 4.99. The Bertz CT molecular complexity index is 789. The van der Waals surface area contributed by atoms with Gasteiger partial charge in [0.05, 0.1) is 5.69 Å². The SMILES string of the molecule is Cc1cc(C)cc(-n2nnnc2-c2ccc(F)cc2N)c1. The van der Waals surface area contributed by atoms with Gasteiger partial charge in [-0.05, 0) is 65.7 Å². The maximum atomic E-state index is 13.2. The summed E-state index contributed by atoms with van der Waals surface area (Å²) in [5.41, 5.74) is 9.83. The largest absolute Gasteiger partial charge is 0.398 e. The first-order chi connectivity index (χ1) is 10.0. The Morgan fingerprint density at radius 3 is 2.43 bits per heavy atom. The third kappa shape index (κ3) is 2.47. The minimum atomic E-state index is -0.387. The van der Waals surface area contributed by atoms with E-state index in [1.54, 1.807) is 10.7 Å². The monoisotopic (exact) mass is 283 g/mol. The highest BCUT2D eigenvalue weighted by atomic mass is 19.1. The predicted octanol–water partition coefficient (Wildman–Crippen LogP) is 2.67. The molecule has 6 heteroatoms. The van der Waals surface area contributed by atoms with Gasteiger partial charge in [-0.2, -0.15) is 4.68 Å². The molecule has 2 aromatic carbocycles. The summed E-state index contributed by atoms with van der Waals surface area (Å²) in [5.74, 6) is 0.0965. The smallest absolute Gasteiger partial charge is 0.189 e. The predicted molar refractivity (Wildman–Crippen MR) is 78.4 cm³/mol. The van der Waals surface area contributed by atoms with Crippen molar-refractivity contribution >= 4 is 5.69 Å². The lowest BCUT2D eigenvalue weighted by molar-refractivity contribution is 0.628. The lowest BCUT2D eigenvalue weighted by Gasteiger charge is -2.08. The minimum Gasteiger partial charge on any atom is -0.398 e. The van der Waals surface area contributed by atoms with Gasteiger partial charge in [-0.1, -0.05) is 6.07 Å². The summed E-state index contributed by atoms with van der Waals surface area (Å²) in [6.45, 7) is 4.01. The van der Waals surface area contributed by atoms with E-state index in [4.69, 9.17) is 5.73 Å². The lowest BCUT2D eigenvalue weighted by Crippen LogP contribution is -2.02. The molecule has 0 saturated carbocycles. The third-order valence-corrected chi connectivity index (χ3v) is 3.18. The van der Waals surface area contributed by atoms with Crippen LogP contribution in [0, 0.1) is 19.7 Å². The third-order valence-electron chi connectivity index (χ3n) is 3.18. The Balaban J connectivity index is 2.17. The second kappa shape index (κ2) is 4.97. The summed E-state index contributed by atoms with van der Waals surface area (Å²) in [4.78, 5) is 0. The number of hydrogen-bond acceptors (Lipinski definition) is 4. The molecule has 0 aliphatic heterocycles. The molecule has 0 fully saturated rings. The van der Waals surface area contributed by atoms with Gasteiger partial charge in [-0.15, -0.1) is 5.10 Å². The van der Waals surface area contributed by atoms with Crippen molar-refractivity contribution < 1.29 is 4.39 Å². The molecule has 21 heavy (non-hydrogen) atoms. The van der Waals surface area contributed by atoms with Crippen LogP contribution in [-0.4, -0.2) is 20.2 Å². The molecule has 0 radical (unpaired) electrons. The van der Waals surface area contributed by atoms with Crippen molar-refractivity contribution in [1.82, 2.24) is 20.2 Å². The van der Waals surface area contributed by atoms with Crippen LogP contribution in [0.4, 0.5) is 10.1 Å². The summed E-state index contributed by atoms with van der Waals surface area (Å²) < 4.78 is 14.8. The number of tetrazole rings is 1. The van der Waals surface area contributed by atoms with E-state index < -0.39 is 0 Å². The molecule has 2 N–H and O–H groups in total. The number of aryl methyl sites for hydroxylation is 2. The van der Waals surface area contributed by atoms with E-state index in [0.29, 0.717) is 17.1 Å². The van der Waals surface area contributed by atoms with Gasteiger partial charge in [0.25, 0.3) is 0 Å². The van der Waals surface area contributed by atoms with Gasteiger partial charge >= 0.3 is 0 Å². The molecule has 0 saturated heterocycles.